The third kappa shape index (κ3) is 4.42. The standard InChI is InChI=1S/C28H27BrN2O2/c1-32-24-14-6-19(7-15-24)18-21-4-3-5-26-27(21)30-31(23-12-10-22(29)11-13-23)28(26)20-8-16-25(33-2)17-9-20/h6-18,26,28H,3-5H2,1-2H3/b21-18+. The number of hydrazone groups is 1. The molecule has 2 atom stereocenters. The zero-order chi connectivity index (χ0) is 22.8. The Bertz CT molecular complexity index is 1170. The topological polar surface area (TPSA) is 34.1 Å². The fourth-order valence-corrected chi connectivity index (χ4v) is 5.11. The number of methoxy groups -OCH3 is 2. The van der Waals surface area contributed by atoms with Crippen molar-refractivity contribution in [2.45, 2.75) is 25.3 Å². The third-order valence-corrected chi connectivity index (χ3v) is 7.04. The molecular formula is C28H27BrN2O2. The first kappa shape index (κ1) is 21.8. The van der Waals surface area contributed by atoms with Crippen molar-refractivity contribution in [1.82, 2.24) is 0 Å². The lowest BCUT2D eigenvalue weighted by atomic mass is 9.77. The molecule has 1 fully saturated rings. The van der Waals surface area contributed by atoms with Gasteiger partial charge in [0.25, 0.3) is 0 Å². The summed E-state index contributed by atoms with van der Waals surface area (Å²) in [6.45, 7) is 0. The lowest BCUT2D eigenvalue weighted by Crippen LogP contribution is -2.28. The van der Waals surface area contributed by atoms with Gasteiger partial charge in [0, 0.05) is 10.4 Å². The van der Waals surface area contributed by atoms with E-state index in [9.17, 15) is 0 Å². The van der Waals surface area contributed by atoms with Gasteiger partial charge in [0.05, 0.1) is 31.7 Å². The highest BCUT2D eigenvalue weighted by Gasteiger charge is 2.41. The van der Waals surface area contributed by atoms with Crippen LogP contribution in [0.15, 0.2) is 87.9 Å². The lowest BCUT2D eigenvalue weighted by Gasteiger charge is -2.30. The van der Waals surface area contributed by atoms with Crippen molar-refractivity contribution in [3.63, 3.8) is 0 Å². The van der Waals surface area contributed by atoms with Crippen LogP contribution in [0.5, 0.6) is 11.5 Å². The minimum Gasteiger partial charge on any atom is -0.497 e. The molecule has 168 valence electrons. The van der Waals surface area contributed by atoms with E-state index < -0.39 is 0 Å². The molecule has 0 bridgehead atoms. The molecule has 5 heteroatoms. The summed E-state index contributed by atoms with van der Waals surface area (Å²) in [5.41, 5.74) is 6.07. The number of rotatable bonds is 5. The molecule has 0 N–H and O–H groups in total. The molecule has 4 nitrogen and oxygen atoms in total. The van der Waals surface area contributed by atoms with Crippen LogP contribution in [0.4, 0.5) is 5.69 Å². The van der Waals surface area contributed by atoms with Gasteiger partial charge in [-0.1, -0.05) is 40.2 Å². The van der Waals surface area contributed by atoms with Gasteiger partial charge in [-0.15, -0.1) is 0 Å². The Morgan fingerprint density at radius 1 is 0.879 bits per heavy atom. The molecule has 0 saturated heterocycles. The Morgan fingerprint density at radius 3 is 2.15 bits per heavy atom. The largest absolute Gasteiger partial charge is 0.497 e. The first-order chi connectivity index (χ1) is 16.2. The Kier molecular flexibility index (Phi) is 6.23. The SMILES string of the molecule is COc1ccc(/C=C2\CCCC3C2=NN(c2ccc(Br)cc2)C3c2ccc(OC)cc2)cc1. The van der Waals surface area contributed by atoms with Gasteiger partial charge in [0.1, 0.15) is 11.5 Å². The Hall–Kier alpha value is -3.05. The summed E-state index contributed by atoms with van der Waals surface area (Å²) in [7, 11) is 3.40. The van der Waals surface area contributed by atoms with Gasteiger partial charge in [-0.05, 0) is 90.6 Å². The molecule has 2 aliphatic rings. The normalized spacial score (nSPS) is 21.0. The molecule has 0 aromatic heterocycles. The maximum absolute atomic E-state index is 5.40. The number of nitrogens with zero attached hydrogens (tertiary/aromatic N) is 2. The van der Waals surface area contributed by atoms with Gasteiger partial charge in [-0.3, -0.25) is 5.01 Å². The summed E-state index contributed by atoms with van der Waals surface area (Å²) < 4.78 is 11.8. The van der Waals surface area contributed by atoms with Gasteiger partial charge < -0.3 is 9.47 Å². The van der Waals surface area contributed by atoms with Crippen molar-refractivity contribution in [3.8, 4) is 11.5 Å². The van der Waals surface area contributed by atoms with Crippen molar-refractivity contribution >= 4 is 33.4 Å². The maximum atomic E-state index is 5.40. The second-order valence-electron chi connectivity index (χ2n) is 8.47. The average molecular weight is 503 g/mol. The van der Waals surface area contributed by atoms with Crippen molar-refractivity contribution in [2.75, 3.05) is 19.2 Å². The molecule has 0 amide bonds. The number of halogens is 1. The molecular weight excluding hydrogens is 476 g/mol. The number of fused-ring (bicyclic) bond motifs is 1. The molecule has 1 heterocycles. The zero-order valence-electron chi connectivity index (χ0n) is 18.9. The van der Waals surface area contributed by atoms with E-state index in [1.54, 1.807) is 14.2 Å². The minimum absolute atomic E-state index is 0.159. The van der Waals surface area contributed by atoms with Crippen molar-refractivity contribution in [2.24, 2.45) is 11.0 Å². The van der Waals surface area contributed by atoms with Crippen LogP contribution in [0.1, 0.15) is 36.4 Å². The fourth-order valence-electron chi connectivity index (χ4n) is 4.84. The lowest BCUT2D eigenvalue weighted by molar-refractivity contribution is 0.414. The van der Waals surface area contributed by atoms with E-state index in [4.69, 9.17) is 14.6 Å². The van der Waals surface area contributed by atoms with Crippen LogP contribution in [0.25, 0.3) is 6.08 Å². The van der Waals surface area contributed by atoms with E-state index >= 15 is 0 Å². The first-order valence-corrected chi connectivity index (χ1v) is 12.1. The smallest absolute Gasteiger partial charge is 0.118 e. The molecule has 3 aromatic carbocycles. The number of ether oxygens (including phenoxy) is 2. The van der Waals surface area contributed by atoms with Crippen LogP contribution in [-0.2, 0) is 0 Å². The van der Waals surface area contributed by atoms with Crippen LogP contribution < -0.4 is 14.5 Å². The van der Waals surface area contributed by atoms with E-state index in [0.717, 1.165) is 40.9 Å². The molecule has 0 spiro atoms. The second-order valence-corrected chi connectivity index (χ2v) is 9.38. The van der Waals surface area contributed by atoms with Gasteiger partial charge in [0.15, 0.2) is 0 Å². The van der Waals surface area contributed by atoms with Crippen molar-refractivity contribution in [1.29, 1.82) is 0 Å². The summed E-state index contributed by atoms with van der Waals surface area (Å²) in [5.74, 6) is 2.09. The highest BCUT2D eigenvalue weighted by Crippen LogP contribution is 2.46. The summed E-state index contributed by atoms with van der Waals surface area (Å²) in [5, 5.41) is 7.44. The average Bonchev–Trinajstić information content (AvgIpc) is 3.25. The second kappa shape index (κ2) is 9.44. The van der Waals surface area contributed by atoms with Gasteiger partial charge in [-0.25, -0.2) is 0 Å². The molecule has 3 aromatic rings. The van der Waals surface area contributed by atoms with E-state index in [2.05, 4.69) is 75.5 Å². The number of allylic oxidation sites excluding steroid dienone is 1. The summed E-state index contributed by atoms with van der Waals surface area (Å²) in [4.78, 5) is 0. The fraction of sp³-hybridized carbons (Fsp3) is 0.250. The number of benzene rings is 3. The van der Waals surface area contributed by atoms with Crippen LogP contribution in [0.2, 0.25) is 0 Å². The van der Waals surface area contributed by atoms with Crippen LogP contribution >= 0.6 is 15.9 Å². The molecule has 33 heavy (non-hydrogen) atoms. The molecule has 1 aliphatic carbocycles. The van der Waals surface area contributed by atoms with E-state index in [-0.39, 0.29) is 6.04 Å². The van der Waals surface area contributed by atoms with E-state index in [0.29, 0.717) is 5.92 Å². The number of hydrogen-bond acceptors (Lipinski definition) is 4. The Balaban J connectivity index is 1.55. The highest BCUT2D eigenvalue weighted by molar-refractivity contribution is 9.10. The number of hydrogen-bond donors (Lipinski definition) is 0. The zero-order valence-corrected chi connectivity index (χ0v) is 20.5. The maximum Gasteiger partial charge on any atom is 0.118 e. The van der Waals surface area contributed by atoms with E-state index in [1.165, 1.54) is 22.4 Å². The Labute approximate surface area is 203 Å². The van der Waals surface area contributed by atoms with Crippen LogP contribution in [0.3, 0.4) is 0 Å². The third-order valence-electron chi connectivity index (χ3n) is 6.51. The van der Waals surface area contributed by atoms with Crippen molar-refractivity contribution in [3.05, 3.63) is 94.0 Å². The highest BCUT2D eigenvalue weighted by atomic mass is 79.9. The minimum atomic E-state index is 0.159. The molecule has 1 saturated carbocycles. The van der Waals surface area contributed by atoms with Gasteiger partial charge in [0.2, 0.25) is 0 Å². The Morgan fingerprint density at radius 2 is 1.52 bits per heavy atom. The number of anilines is 1. The van der Waals surface area contributed by atoms with Crippen molar-refractivity contribution < 1.29 is 9.47 Å². The van der Waals surface area contributed by atoms with Crippen LogP contribution in [0, 0.1) is 5.92 Å². The first-order valence-electron chi connectivity index (χ1n) is 11.3. The van der Waals surface area contributed by atoms with Crippen LogP contribution in [-0.4, -0.2) is 19.9 Å². The molecule has 0 radical (unpaired) electrons. The molecule has 1 aliphatic heterocycles. The monoisotopic (exact) mass is 502 g/mol. The predicted molar refractivity (Wildman–Crippen MR) is 138 cm³/mol. The van der Waals surface area contributed by atoms with E-state index in [1.807, 2.05) is 24.3 Å². The molecule has 2 unspecified atom stereocenters. The van der Waals surface area contributed by atoms with Gasteiger partial charge in [-0.2, -0.15) is 5.10 Å². The summed E-state index contributed by atoms with van der Waals surface area (Å²) >= 11 is 3.56. The quantitative estimate of drug-likeness (QED) is 0.367. The summed E-state index contributed by atoms with van der Waals surface area (Å²) in [6, 6.07) is 25.3. The summed E-state index contributed by atoms with van der Waals surface area (Å²) in [6.07, 6.45) is 5.63. The van der Waals surface area contributed by atoms with Gasteiger partial charge >= 0.3 is 0 Å². The molecule has 5 rings (SSSR count). The predicted octanol–water partition coefficient (Wildman–Crippen LogP) is 7.27.